The van der Waals surface area contributed by atoms with Gasteiger partial charge in [0.15, 0.2) is 5.58 Å². The molecule has 1 fully saturated rings. The number of carbonyl (C=O) groups is 2. The van der Waals surface area contributed by atoms with Gasteiger partial charge >= 0.3 is 0 Å². The number of aromatic nitrogens is 1. The lowest BCUT2D eigenvalue weighted by Gasteiger charge is -2.33. The Balaban J connectivity index is 1.26. The summed E-state index contributed by atoms with van der Waals surface area (Å²) in [7, 11) is 0. The number of hydrogen-bond acceptors (Lipinski definition) is 6. The van der Waals surface area contributed by atoms with Crippen LogP contribution in [-0.2, 0) is 16.1 Å². The summed E-state index contributed by atoms with van der Waals surface area (Å²) in [6, 6.07) is 16.7. The Morgan fingerprint density at radius 3 is 2.71 bits per heavy atom. The molecule has 2 amide bonds. The first-order valence-corrected chi connectivity index (χ1v) is 12.6. The van der Waals surface area contributed by atoms with Gasteiger partial charge in [-0.3, -0.25) is 9.59 Å². The van der Waals surface area contributed by atoms with Crippen molar-refractivity contribution in [2.24, 2.45) is 0 Å². The molecule has 0 bridgehead atoms. The lowest BCUT2D eigenvalue weighted by molar-refractivity contribution is -0.116. The van der Waals surface area contributed by atoms with Crippen LogP contribution in [0.5, 0.6) is 0 Å². The third-order valence-electron chi connectivity index (χ3n) is 6.39. The zero-order valence-electron chi connectivity index (χ0n) is 20.8. The summed E-state index contributed by atoms with van der Waals surface area (Å²) in [5, 5.41) is 4.09. The van der Waals surface area contributed by atoms with Gasteiger partial charge in [0.25, 0.3) is 5.91 Å². The Bertz CT molecular complexity index is 1500. The minimum absolute atomic E-state index is 0.00216. The van der Waals surface area contributed by atoms with Crippen molar-refractivity contribution in [3.63, 3.8) is 0 Å². The maximum absolute atomic E-state index is 12.9. The number of pyridine rings is 1. The van der Waals surface area contributed by atoms with Gasteiger partial charge in [0, 0.05) is 29.8 Å². The number of hydrogen-bond donors (Lipinski definition) is 2. The van der Waals surface area contributed by atoms with Gasteiger partial charge in [0.05, 0.1) is 30.8 Å². The molecule has 38 heavy (non-hydrogen) atoms. The number of carbonyl (C=O) groups excluding carboxylic acids is 2. The first-order valence-electron chi connectivity index (χ1n) is 12.3. The third-order valence-corrected chi connectivity index (χ3v) is 6.67. The predicted molar refractivity (Wildman–Crippen MR) is 148 cm³/mol. The highest BCUT2D eigenvalue weighted by Gasteiger charge is 2.24. The van der Waals surface area contributed by atoms with E-state index in [0.29, 0.717) is 47.5 Å². The Kier molecular flexibility index (Phi) is 7.44. The van der Waals surface area contributed by atoms with E-state index >= 15 is 0 Å². The first-order chi connectivity index (χ1) is 18.4. The fraction of sp³-hybridized carbons (Fsp3) is 0.207. The van der Waals surface area contributed by atoms with E-state index in [1.165, 1.54) is 6.08 Å². The Morgan fingerprint density at radius 1 is 1.16 bits per heavy atom. The minimum Gasteiger partial charge on any atom is -0.458 e. The molecule has 0 aliphatic carbocycles. The molecule has 0 spiro atoms. The molecule has 3 heterocycles. The van der Waals surface area contributed by atoms with Gasteiger partial charge in [-0.25, -0.2) is 4.98 Å². The minimum atomic E-state index is -0.268. The molecule has 1 aliphatic rings. The molecule has 0 radical (unpaired) electrons. The third kappa shape index (κ3) is 5.72. The molecule has 1 unspecified atom stereocenters. The molecule has 194 valence electrons. The number of nitrogens with one attached hydrogen (secondary N) is 1. The molecule has 5 rings (SSSR count). The number of nitrogens with zero attached hydrogens (tertiary/aromatic N) is 2. The normalized spacial score (nSPS) is 15.7. The number of amides is 2. The van der Waals surface area contributed by atoms with Gasteiger partial charge in [-0.2, -0.15) is 0 Å². The maximum Gasteiger partial charge on any atom is 0.254 e. The molecule has 1 aliphatic heterocycles. The number of morpholine rings is 1. The van der Waals surface area contributed by atoms with E-state index < -0.39 is 0 Å². The van der Waals surface area contributed by atoms with Gasteiger partial charge in [0.2, 0.25) is 5.91 Å². The summed E-state index contributed by atoms with van der Waals surface area (Å²) >= 11 is 6.54. The number of furan rings is 1. The van der Waals surface area contributed by atoms with E-state index in [4.69, 9.17) is 26.5 Å². The number of rotatable bonds is 6. The van der Waals surface area contributed by atoms with Gasteiger partial charge in [-0.15, -0.1) is 0 Å². The van der Waals surface area contributed by atoms with Gasteiger partial charge in [-0.05, 0) is 72.2 Å². The van der Waals surface area contributed by atoms with Crippen LogP contribution in [0.1, 0.15) is 28.6 Å². The second-order valence-electron chi connectivity index (χ2n) is 9.16. The van der Waals surface area contributed by atoms with Crippen LogP contribution in [0.3, 0.4) is 0 Å². The molecular formula is C29H27ClN4O4. The predicted octanol–water partition coefficient (Wildman–Crippen LogP) is 4.92. The zero-order valence-corrected chi connectivity index (χ0v) is 21.6. The summed E-state index contributed by atoms with van der Waals surface area (Å²) in [6.45, 7) is 3.90. The van der Waals surface area contributed by atoms with Crippen LogP contribution >= 0.6 is 11.6 Å². The van der Waals surface area contributed by atoms with Crippen LogP contribution in [0.25, 0.3) is 28.2 Å². The van der Waals surface area contributed by atoms with Crippen molar-refractivity contribution in [3.8, 4) is 11.1 Å². The van der Waals surface area contributed by atoms with Crippen LogP contribution in [-0.4, -0.2) is 47.5 Å². The Hall–Kier alpha value is -4.14. The highest BCUT2D eigenvalue weighted by Crippen LogP contribution is 2.33. The summed E-state index contributed by atoms with van der Waals surface area (Å²) < 4.78 is 11.3. The van der Waals surface area contributed by atoms with Gasteiger partial charge in [0.1, 0.15) is 11.6 Å². The summed E-state index contributed by atoms with van der Waals surface area (Å²) in [5.74, 6) is 0.733. The lowest BCUT2D eigenvalue weighted by atomic mass is 10.0. The standard InChI is InChI=1S/C29H27ClN4O4/c1-18-17-37-11-10-34(18)29(36)21-6-4-20(5-7-21)22-12-23-13-24(38-28(23)25(30)14-22)16-33-27(35)9-3-19-2-8-26(31)32-15-19/h2-9,12-15,18H,10-11,16-17H2,1H3,(H2,31,32)(H,33,35)/b9-3+. The van der Waals surface area contributed by atoms with Crippen molar-refractivity contribution in [1.82, 2.24) is 15.2 Å². The number of nitrogen functional groups attached to an aromatic ring is 1. The van der Waals surface area contributed by atoms with E-state index in [-0.39, 0.29) is 24.4 Å². The average Bonchev–Trinajstić information content (AvgIpc) is 3.35. The SMILES string of the molecule is CC1COCCN1C(=O)c1ccc(-c2cc(Cl)c3oc(CNC(=O)/C=C/c4ccc(N)nc4)cc3c2)cc1. The van der Waals surface area contributed by atoms with Crippen molar-refractivity contribution in [3.05, 3.63) is 88.8 Å². The summed E-state index contributed by atoms with van der Waals surface area (Å²) in [5.41, 5.74) is 9.36. The van der Waals surface area contributed by atoms with Crippen molar-refractivity contribution in [2.75, 3.05) is 25.5 Å². The number of benzene rings is 2. The lowest BCUT2D eigenvalue weighted by Crippen LogP contribution is -2.47. The monoisotopic (exact) mass is 530 g/mol. The van der Waals surface area contributed by atoms with E-state index in [2.05, 4.69) is 10.3 Å². The average molecular weight is 531 g/mol. The topological polar surface area (TPSA) is 111 Å². The molecule has 4 aromatic rings. The zero-order chi connectivity index (χ0) is 26.6. The quantitative estimate of drug-likeness (QED) is 0.342. The van der Waals surface area contributed by atoms with Crippen LogP contribution in [0.4, 0.5) is 5.82 Å². The highest BCUT2D eigenvalue weighted by molar-refractivity contribution is 6.35. The number of halogens is 1. The summed E-state index contributed by atoms with van der Waals surface area (Å²) in [4.78, 5) is 31.0. The van der Waals surface area contributed by atoms with Crippen LogP contribution in [0.2, 0.25) is 5.02 Å². The number of nitrogens with two attached hydrogens (primary N) is 1. The Morgan fingerprint density at radius 2 is 1.97 bits per heavy atom. The van der Waals surface area contributed by atoms with E-state index in [0.717, 1.165) is 22.1 Å². The molecule has 1 atom stereocenters. The fourth-order valence-corrected chi connectivity index (χ4v) is 4.60. The van der Waals surface area contributed by atoms with E-state index in [1.807, 2.05) is 54.3 Å². The first kappa shape index (κ1) is 25.5. The molecule has 9 heteroatoms. The highest BCUT2D eigenvalue weighted by atomic mass is 35.5. The molecule has 3 N–H and O–H groups in total. The van der Waals surface area contributed by atoms with Crippen LogP contribution < -0.4 is 11.1 Å². The second kappa shape index (κ2) is 11.1. The van der Waals surface area contributed by atoms with Crippen molar-refractivity contribution < 1.29 is 18.7 Å². The van der Waals surface area contributed by atoms with E-state index in [9.17, 15) is 9.59 Å². The Labute approximate surface area is 225 Å². The number of fused-ring (bicyclic) bond motifs is 1. The largest absolute Gasteiger partial charge is 0.458 e. The van der Waals surface area contributed by atoms with Crippen LogP contribution in [0, 0.1) is 0 Å². The van der Waals surface area contributed by atoms with Gasteiger partial charge < -0.3 is 25.1 Å². The molecule has 2 aromatic heterocycles. The molecular weight excluding hydrogens is 504 g/mol. The smallest absolute Gasteiger partial charge is 0.254 e. The van der Waals surface area contributed by atoms with E-state index in [1.54, 1.807) is 24.4 Å². The van der Waals surface area contributed by atoms with Crippen molar-refractivity contribution in [2.45, 2.75) is 19.5 Å². The van der Waals surface area contributed by atoms with Crippen molar-refractivity contribution >= 4 is 46.3 Å². The number of anilines is 1. The number of ether oxygens (including phenoxy) is 1. The maximum atomic E-state index is 12.9. The molecule has 2 aromatic carbocycles. The van der Waals surface area contributed by atoms with Crippen molar-refractivity contribution in [1.29, 1.82) is 0 Å². The second-order valence-corrected chi connectivity index (χ2v) is 9.56. The fourth-order valence-electron chi connectivity index (χ4n) is 4.34. The summed E-state index contributed by atoms with van der Waals surface area (Å²) in [6.07, 6.45) is 4.67. The molecule has 1 saturated heterocycles. The van der Waals surface area contributed by atoms with Gasteiger partial charge in [-0.1, -0.05) is 23.7 Å². The molecule has 0 saturated carbocycles. The molecule has 8 nitrogen and oxygen atoms in total. The van der Waals surface area contributed by atoms with Crippen LogP contribution in [0.15, 0.2) is 71.3 Å².